The molecule has 2 aromatic carbocycles. The van der Waals surface area contributed by atoms with Gasteiger partial charge < -0.3 is 4.74 Å². The standard InChI is InChI=1S/C22H26O2/c1-16(2)18-13-14-22(3,15-18)21(23)24-20-12-8-7-11-19(20)17-9-5-4-6-10-17/h4-12,16,18H,13-15H2,1-3H3/t18-,22+/m1/s1. The Morgan fingerprint density at radius 3 is 2.42 bits per heavy atom. The lowest BCUT2D eigenvalue weighted by Gasteiger charge is -2.23. The monoisotopic (exact) mass is 322 g/mol. The number of benzene rings is 2. The van der Waals surface area contributed by atoms with Crippen molar-refractivity contribution < 1.29 is 9.53 Å². The van der Waals surface area contributed by atoms with Gasteiger partial charge in [-0.3, -0.25) is 4.79 Å². The fourth-order valence-corrected chi connectivity index (χ4v) is 3.68. The van der Waals surface area contributed by atoms with E-state index in [1.165, 1.54) is 0 Å². The molecule has 0 bridgehead atoms. The highest BCUT2D eigenvalue weighted by molar-refractivity contribution is 5.82. The fourth-order valence-electron chi connectivity index (χ4n) is 3.68. The molecule has 0 amide bonds. The SMILES string of the molecule is CC(C)[C@@H]1CC[C@](C)(C(=O)Oc2ccccc2-c2ccccc2)C1. The maximum Gasteiger partial charge on any atom is 0.317 e. The van der Waals surface area contributed by atoms with Gasteiger partial charge >= 0.3 is 5.97 Å². The maximum absolute atomic E-state index is 12.9. The van der Waals surface area contributed by atoms with Gasteiger partial charge in [-0.2, -0.15) is 0 Å². The van der Waals surface area contributed by atoms with E-state index < -0.39 is 0 Å². The van der Waals surface area contributed by atoms with Crippen molar-refractivity contribution in [3.05, 3.63) is 54.6 Å². The predicted octanol–water partition coefficient (Wildman–Crippen LogP) is 5.72. The molecule has 2 aromatic rings. The number of hydrogen-bond acceptors (Lipinski definition) is 2. The van der Waals surface area contributed by atoms with Gasteiger partial charge in [0.05, 0.1) is 5.41 Å². The molecule has 1 aliphatic carbocycles. The van der Waals surface area contributed by atoms with Gasteiger partial charge in [0.25, 0.3) is 0 Å². The van der Waals surface area contributed by atoms with Crippen molar-refractivity contribution in [2.45, 2.75) is 40.0 Å². The van der Waals surface area contributed by atoms with Gasteiger partial charge in [0.15, 0.2) is 0 Å². The number of esters is 1. The second-order valence-electron chi connectivity index (χ2n) is 7.56. The average Bonchev–Trinajstić information content (AvgIpc) is 3.00. The highest BCUT2D eigenvalue weighted by Gasteiger charge is 2.43. The number of para-hydroxylation sites is 1. The van der Waals surface area contributed by atoms with Gasteiger partial charge in [-0.15, -0.1) is 0 Å². The molecule has 2 nitrogen and oxygen atoms in total. The van der Waals surface area contributed by atoms with Crippen LogP contribution < -0.4 is 4.74 Å². The van der Waals surface area contributed by atoms with Gasteiger partial charge in [-0.25, -0.2) is 0 Å². The highest BCUT2D eigenvalue weighted by atomic mass is 16.5. The smallest absolute Gasteiger partial charge is 0.317 e. The molecule has 0 N–H and O–H groups in total. The Bertz CT molecular complexity index is 705. The molecule has 0 aliphatic heterocycles. The Labute approximate surface area is 144 Å². The summed E-state index contributed by atoms with van der Waals surface area (Å²) in [5.41, 5.74) is 1.67. The molecule has 3 rings (SSSR count). The molecule has 126 valence electrons. The third-order valence-corrected chi connectivity index (χ3v) is 5.39. The first-order valence-corrected chi connectivity index (χ1v) is 8.86. The van der Waals surface area contributed by atoms with Crippen molar-refractivity contribution in [3.63, 3.8) is 0 Å². The Hall–Kier alpha value is -2.09. The number of carbonyl (C=O) groups is 1. The number of ether oxygens (including phenoxy) is 1. The normalized spacial score (nSPS) is 23.4. The average molecular weight is 322 g/mol. The Morgan fingerprint density at radius 2 is 1.75 bits per heavy atom. The van der Waals surface area contributed by atoms with E-state index in [0.717, 1.165) is 30.4 Å². The van der Waals surface area contributed by atoms with Crippen LogP contribution in [0.4, 0.5) is 0 Å². The van der Waals surface area contributed by atoms with Crippen molar-refractivity contribution in [1.29, 1.82) is 0 Å². The van der Waals surface area contributed by atoms with E-state index in [1.54, 1.807) is 0 Å². The summed E-state index contributed by atoms with van der Waals surface area (Å²) in [4.78, 5) is 12.9. The fraction of sp³-hybridized carbons (Fsp3) is 0.409. The lowest BCUT2D eigenvalue weighted by Crippen LogP contribution is -2.30. The molecule has 2 heteroatoms. The van der Waals surface area contributed by atoms with Crippen LogP contribution in [0, 0.1) is 17.3 Å². The molecule has 1 aliphatic rings. The van der Waals surface area contributed by atoms with Gasteiger partial charge in [-0.1, -0.05) is 62.4 Å². The van der Waals surface area contributed by atoms with Crippen molar-refractivity contribution in [2.24, 2.45) is 17.3 Å². The van der Waals surface area contributed by atoms with Crippen molar-refractivity contribution >= 4 is 5.97 Å². The summed E-state index contributed by atoms with van der Waals surface area (Å²) < 4.78 is 5.88. The zero-order valence-corrected chi connectivity index (χ0v) is 14.8. The summed E-state index contributed by atoms with van der Waals surface area (Å²) in [5.74, 6) is 1.81. The van der Waals surface area contributed by atoms with Crippen LogP contribution in [0.1, 0.15) is 40.0 Å². The predicted molar refractivity (Wildman–Crippen MR) is 97.8 cm³/mol. The summed E-state index contributed by atoms with van der Waals surface area (Å²) >= 11 is 0. The second kappa shape index (κ2) is 6.80. The summed E-state index contributed by atoms with van der Waals surface area (Å²) in [6, 6.07) is 17.9. The second-order valence-corrected chi connectivity index (χ2v) is 7.56. The number of rotatable bonds is 4. The zero-order chi connectivity index (χ0) is 17.2. The van der Waals surface area contributed by atoms with E-state index in [0.29, 0.717) is 17.6 Å². The third-order valence-electron chi connectivity index (χ3n) is 5.39. The van der Waals surface area contributed by atoms with Crippen molar-refractivity contribution in [1.82, 2.24) is 0 Å². The van der Waals surface area contributed by atoms with Crippen LogP contribution >= 0.6 is 0 Å². The summed E-state index contributed by atoms with van der Waals surface area (Å²) in [6.07, 6.45) is 2.96. The Kier molecular flexibility index (Phi) is 4.75. The lowest BCUT2D eigenvalue weighted by atomic mass is 9.85. The molecule has 0 saturated heterocycles. The Morgan fingerprint density at radius 1 is 1.08 bits per heavy atom. The molecular weight excluding hydrogens is 296 g/mol. The molecule has 0 aromatic heterocycles. The van der Waals surface area contributed by atoms with Crippen molar-refractivity contribution in [2.75, 3.05) is 0 Å². The van der Waals surface area contributed by atoms with Crippen LogP contribution in [0.15, 0.2) is 54.6 Å². The first-order valence-electron chi connectivity index (χ1n) is 8.86. The quantitative estimate of drug-likeness (QED) is 0.531. The maximum atomic E-state index is 12.9. The molecule has 1 saturated carbocycles. The minimum absolute atomic E-state index is 0.0889. The summed E-state index contributed by atoms with van der Waals surface area (Å²) in [7, 11) is 0. The first-order chi connectivity index (χ1) is 11.5. The largest absolute Gasteiger partial charge is 0.425 e. The minimum atomic E-state index is -0.362. The van der Waals surface area contributed by atoms with Crippen LogP contribution in [-0.2, 0) is 4.79 Å². The first kappa shape index (κ1) is 16.8. The topological polar surface area (TPSA) is 26.3 Å². The molecule has 0 heterocycles. The molecule has 24 heavy (non-hydrogen) atoms. The van der Waals surface area contributed by atoms with E-state index in [2.05, 4.69) is 20.8 Å². The highest BCUT2D eigenvalue weighted by Crippen LogP contribution is 2.45. The molecule has 0 unspecified atom stereocenters. The molecule has 0 spiro atoms. The zero-order valence-electron chi connectivity index (χ0n) is 14.8. The summed E-state index contributed by atoms with van der Waals surface area (Å²) in [6.45, 7) is 6.54. The van der Waals surface area contributed by atoms with Crippen LogP contribution in [0.2, 0.25) is 0 Å². The molecule has 1 fully saturated rings. The van der Waals surface area contributed by atoms with Gasteiger partial charge in [0.2, 0.25) is 0 Å². The van der Waals surface area contributed by atoms with Crippen molar-refractivity contribution in [3.8, 4) is 16.9 Å². The van der Waals surface area contributed by atoms with E-state index in [1.807, 2.05) is 54.6 Å². The van der Waals surface area contributed by atoms with Crippen LogP contribution in [0.25, 0.3) is 11.1 Å². The Balaban J connectivity index is 1.81. The van der Waals surface area contributed by atoms with E-state index in [9.17, 15) is 4.79 Å². The molecule has 2 atom stereocenters. The van der Waals surface area contributed by atoms with E-state index in [4.69, 9.17) is 4.74 Å². The van der Waals surface area contributed by atoms with Crippen LogP contribution in [-0.4, -0.2) is 5.97 Å². The summed E-state index contributed by atoms with van der Waals surface area (Å²) in [5, 5.41) is 0. The lowest BCUT2D eigenvalue weighted by molar-refractivity contribution is -0.144. The van der Waals surface area contributed by atoms with Gasteiger partial charge in [-0.05, 0) is 49.7 Å². The molecule has 0 radical (unpaired) electrons. The van der Waals surface area contributed by atoms with Gasteiger partial charge in [0.1, 0.15) is 5.75 Å². The number of carbonyl (C=O) groups excluding carboxylic acids is 1. The van der Waals surface area contributed by atoms with Crippen LogP contribution in [0.3, 0.4) is 0 Å². The van der Waals surface area contributed by atoms with E-state index in [-0.39, 0.29) is 11.4 Å². The number of hydrogen-bond donors (Lipinski definition) is 0. The third kappa shape index (κ3) is 3.38. The minimum Gasteiger partial charge on any atom is -0.425 e. The molecular formula is C22H26O2. The van der Waals surface area contributed by atoms with Gasteiger partial charge in [0, 0.05) is 5.56 Å². The van der Waals surface area contributed by atoms with E-state index >= 15 is 0 Å². The van der Waals surface area contributed by atoms with Crippen LogP contribution in [0.5, 0.6) is 5.75 Å².